The Balaban J connectivity index is 2.05. The van der Waals surface area contributed by atoms with Crippen molar-refractivity contribution in [3.05, 3.63) is 34.3 Å². The van der Waals surface area contributed by atoms with Crippen molar-refractivity contribution in [1.82, 2.24) is 10.2 Å². The van der Waals surface area contributed by atoms with E-state index >= 15 is 0 Å². The fourth-order valence-corrected chi connectivity index (χ4v) is 3.23. The Morgan fingerprint density at radius 2 is 1.84 bits per heavy atom. The van der Waals surface area contributed by atoms with Crippen LogP contribution in [0.25, 0.3) is 0 Å². The molecule has 1 aromatic carbocycles. The molecule has 0 amide bonds. The second-order valence-electron chi connectivity index (χ2n) is 5.82. The van der Waals surface area contributed by atoms with E-state index in [4.69, 9.17) is 0 Å². The van der Waals surface area contributed by atoms with Gasteiger partial charge in [-0.1, -0.05) is 35.0 Å². The van der Waals surface area contributed by atoms with Gasteiger partial charge in [-0.25, -0.2) is 0 Å². The molecule has 1 N–H and O–H groups in total. The van der Waals surface area contributed by atoms with Crippen molar-refractivity contribution in [3.63, 3.8) is 0 Å². The number of rotatable bonds is 4. The molecule has 19 heavy (non-hydrogen) atoms. The molecule has 1 aromatic rings. The van der Waals surface area contributed by atoms with Gasteiger partial charge in [0.15, 0.2) is 0 Å². The lowest BCUT2D eigenvalue weighted by molar-refractivity contribution is 0.107. The van der Waals surface area contributed by atoms with Gasteiger partial charge >= 0.3 is 0 Å². The first kappa shape index (κ1) is 15.0. The highest BCUT2D eigenvalue weighted by Crippen LogP contribution is 2.31. The predicted molar refractivity (Wildman–Crippen MR) is 85.4 cm³/mol. The minimum atomic E-state index is 0.328. The number of piperidine rings is 1. The molecule has 2 rings (SSSR count). The third-order valence-electron chi connectivity index (χ3n) is 4.59. The maximum atomic E-state index is 3.51. The summed E-state index contributed by atoms with van der Waals surface area (Å²) in [5.74, 6) is 0. The number of likely N-dealkylation sites (tertiary alicyclic amines) is 1. The quantitative estimate of drug-likeness (QED) is 0.901. The van der Waals surface area contributed by atoms with E-state index in [1.165, 1.54) is 37.9 Å². The van der Waals surface area contributed by atoms with Crippen molar-refractivity contribution in [3.8, 4) is 0 Å². The topological polar surface area (TPSA) is 15.3 Å². The fourth-order valence-electron chi connectivity index (χ4n) is 2.97. The zero-order valence-electron chi connectivity index (χ0n) is 12.2. The predicted octanol–water partition coefficient (Wildman–Crippen LogP) is 3.97. The summed E-state index contributed by atoms with van der Waals surface area (Å²) in [6.45, 7) is 7.00. The van der Waals surface area contributed by atoms with Crippen molar-refractivity contribution in [1.29, 1.82) is 0 Å². The zero-order valence-corrected chi connectivity index (χ0v) is 13.8. The van der Waals surface area contributed by atoms with E-state index in [0.717, 1.165) is 4.47 Å². The van der Waals surface area contributed by atoms with Crippen LogP contribution in [0.1, 0.15) is 44.7 Å². The average molecular weight is 325 g/mol. The van der Waals surface area contributed by atoms with E-state index < -0.39 is 0 Å². The van der Waals surface area contributed by atoms with Gasteiger partial charge in [0.2, 0.25) is 0 Å². The van der Waals surface area contributed by atoms with Crippen LogP contribution in [0.15, 0.2) is 28.7 Å². The molecule has 0 bridgehead atoms. The van der Waals surface area contributed by atoms with Crippen LogP contribution in [0.4, 0.5) is 0 Å². The van der Waals surface area contributed by atoms with E-state index in [0.29, 0.717) is 11.6 Å². The van der Waals surface area contributed by atoms with E-state index in [2.05, 4.69) is 71.3 Å². The van der Waals surface area contributed by atoms with Crippen molar-refractivity contribution >= 4 is 15.9 Å². The number of nitrogens with zero attached hydrogens (tertiary/aromatic N) is 1. The van der Waals surface area contributed by atoms with E-state index in [1.807, 2.05) is 0 Å². The Bertz CT molecular complexity index is 394. The largest absolute Gasteiger partial charge is 0.314 e. The summed E-state index contributed by atoms with van der Waals surface area (Å²) in [4.78, 5) is 2.64. The molecular formula is C16H25BrN2. The zero-order chi connectivity index (χ0) is 13.9. The lowest BCUT2D eigenvalue weighted by Crippen LogP contribution is -2.50. The molecule has 1 saturated heterocycles. The van der Waals surface area contributed by atoms with Gasteiger partial charge in [0.25, 0.3) is 0 Å². The van der Waals surface area contributed by atoms with Crippen molar-refractivity contribution in [2.75, 3.05) is 20.1 Å². The minimum Gasteiger partial charge on any atom is -0.314 e. The third-order valence-corrected chi connectivity index (χ3v) is 5.12. The summed E-state index contributed by atoms with van der Waals surface area (Å²) in [6.07, 6.45) is 3.64. The molecule has 3 heteroatoms. The summed E-state index contributed by atoms with van der Waals surface area (Å²) < 4.78 is 1.16. The highest BCUT2D eigenvalue weighted by atomic mass is 79.9. The number of hydrogen-bond acceptors (Lipinski definition) is 2. The Hall–Kier alpha value is -0.380. The molecule has 0 saturated carbocycles. The summed E-state index contributed by atoms with van der Waals surface area (Å²) in [7, 11) is 2.09. The molecule has 1 heterocycles. The smallest absolute Gasteiger partial charge is 0.0345 e. The van der Waals surface area contributed by atoms with Crippen LogP contribution in [0.3, 0.4) is 0 Å². The van der Waals surface area contributed by atoms with E-state index in [-0.39, 0.29) is 0 Å². The highest BCUT2D eigenvalue weighted by Gasteiger charge is 2.31. The van der Waals surface area contributed by atoms with Gasteiger partial charge in [0.05, 0.1) is 0 Å². The molecule has 1 aliphatic rings. The maximum Gasteiger partial charge on any atom is 0.0345 e. The Morgan fingerprint density at radius 3 is 2.32 bits per heavy atom. The first-order chi connectivity index (χ1) is 9.08. The number of nitrogens with one attached hydrogen (secondary N) is 1. The molecule has 1 unspecified atom stereocenters. The van der Waals surface area contributed by atoms with E-state index in [1.54, 1.807) is 0 Å². The van der Waals surface area contributed by atoms with Crippen molar-refractivity contribution in [2.24, 2.45) is 0 Å². The first-order valence-corrected chi connectivity index (χ1v) is 8.06. The first-order valence-electron chi connectivity index (χ1n) is 7.26. The maximum absolute atomic E-state index is 3.51. The van der Waals surface area contributed by atoms with Gasteiger partial charge in [-0.3, -0.25) is 4.90 Å². The second-order valence-corrected chi connectivity index (χ2v) is 6.74. The summed E-state index contributed by atoms with van der Waals surface area (Å²) in [5.41, 5.74) is 1.77. The average Bonchev–Trinajstić information content (AvgIpc) is 2.44. The third kappa shape index (κ3) is 3.59. The van der Waals surface area contributed by atoms with Crippen LogP contribution in [0.2, 0.25) is 0 Å². The Kier molecular flexibility index (Phi) is 5.04. The van der Waals surface area contributed by atoms with Crippen LogP contribution in [-0.4, -0.2) is 30.6 Å². The molecule has 0 spiro atoms. The van der Waals surface area contributed by atoms with Gasteiger partial charge < -0.3 is 5.32 Å². The van der Waals surface area contributed by atoms with Crippen molar-refractivity contribution < 1.29 is 0 Å². The molecule has 106 valence electrons. The molecule has 0 aliphatic carbocycles. The normalized spacial score (nSPS) is 21.3. The second kappa shape index (κ2) is 6.38. The van der Waals surface area contributed by atoms with Gasteiger partial charge in [-0.15, -0.1) is 0 Å². The van der Waals surface area contributed by atoms with Crippen molar-refractivity contribution in [2.45, 2.75) is 44.7 Å². The monoisotopic (exact) mass is 324 g/mol. The van der Waals surface area contributed by atoms with Crippen LogP contribution < -0.4 is 5.32 Å². The van der Waals surface area contributed by atoms with Crippen LogP contribution in [0, 0.1) is 0 Å². The molecule has 2 nitrogen and oxygen atoms in total. The molecule has 1 aliphatic heterocycles. The lowest BCUT2D eigenvalue weighted by atomic mass is 9.88. The van der Waals surface area contributed by atoms with Gasteiger partial charge in [-0.2, -0.15) is 0 Å². The van der Waals surface area contributed by atoms with Gasteiger partial charge in [0, 0.05) is 29.1 Å². The molecular weight excluding hydrogens is 300 g/mol. The highest BCUT2D eigenvalue weighted by molar-refractivity contribution is 9.10. The fraction of sp³-hybridized carbons (Fsp3) is 0.625. The van der Waals surface area contributed by atoms with Crippen LogP contribution in [-0.2, 0) is 0 Å². The molecule has 1 atom stereocenters. The summed E-state index contributed by atoms with van der Waals surface area (Å²) >= 11 is 3.51. The molecule has 1 fully saturated rings. The minimum absolute atomic E-state index is 0.328. The van der Waals surface area contributed by atoms with Gasteiger partial charge in [0.1, 0.15) is 0 Å². The molecule has 0 aromatic heterocycles. The van der Waals surface area contributed by atoms with Crippen LogP contribution >= 0.6 is 15.9 Å². The number of hydrogen-bond donors (Lipinski definition) is 1. The molecule has 0 radical (unpaired) electrons. The number of halogens is 1. The standard InChI is InChI=1S/C16H25BrN2/c1-4-15(13-5-7-14(17)8-6-13)19-11-9-16(2,18-3)10-12-19/h5-8,15,18H,4,9-12H2,1-3H3. The summed E-state index contributed by atoms with van der Waals surface area (Å²) in [6, 6.07) is 9.38. The van der Waals surface area contributed by atoms with E-state index in [9.17, 15) is 0 Å². The Labute approximate surface area is 125 Å². The lowest BCUT2D eigenvalue weighted by Gasteiger charge is -2.42. The van der Waals surface area contributed by atoms with Crippen LogP contribution in [0.5, 0.6) is 0 Å². The number of benzene rings is 1. The van der Waals surface area contributed by atoms with Gasteiger partial charge in [-0.05, 0) is 50.9 Å². The SMILES string of the molecule is CCC(c1ccc(Br)cc1)N1CCC(C)(NC)CC1. The Morgan fingerprint density at radius 1 is 1.26 bits per heavy atom. The summed E-state index contributed by atoms with van der Waals surface area (Å²) in [5, 5.41) is 3.47.